The number of nitrogens with zero attached hydrogens (tertiary/aromatic N) is 2. The van der Waals surface area contributed by atoms with Gasteiger partial charge in [0, 0.05) is 37.4 Å². The van der Waals surface area contributed by atoms with Crippen LogP contribution in [0.15, 0.2) is 66.9 Å². The average Bonchev–Trinajstić information content (AvgIpc) is 3.07. The van der Waals surface area contributed by atoms with Crippen LogP contribution in [0.3, 0.4) is 0 Å². The van der Waals surface area contributed by atoms with Gasteiger partial charge in [-0.2, -0.15) is 0 Å². The molecule has 3 aromatic rings. The van der Waals surface area contributed by atoms with Gasteiger partial charge in [-0.25, -0.2) is 0 Å². The number of amides is 1. The van der Waals surface area contributed by atoms with Crippen LogP contribution < -0.4 is 5.32 Å². The maximum atomic E-state index is 12.4. The van der Waals surface area contributed by atoms with Crippen molar-refractivity contribution in [3.8, 4) is 0 Å². The average molecular weight is 347 g/mol. The molecule has 1 saturated heterocycles. The van der Waals surface area contributed by atoms with Crippen molar-refractivity contribution in [3.05, 3.63) is 72.4 Å². The third-order valence-electron chi connectivity index (χ3n) is 5.20. The number of carbonyl (C=O) groups excluding carboxylic acids is 1. The van der Waals surface area contributed by atoms with Gasteiger partial charge in [-0.05, 0) is 35.9 Å². The highest BCUT2D eigenvalue weighted by Gasteiger charge is 2.20. The molecule has 4 nitrogen and oxygen atoms in total. The standard InChI is InChI=1S/C22H25N3O/c26-22(17-25-15-10-19-8-4-5-9-21(19)25)23-20-11-13-24(14-12-20)16-18-6-2-1-3-7-18/h1-10,15,20H,11-14,16-17H2,(H,23,26). The number of nitrogens with one attached hydrogen (secondary N) is 1. The molecular formula is C22H25N3O. The lowest BCUT2D eigenvalue weighted by molar-refractivity contribution is -0.122. The van der Waals surface area contributed by atoms with Gasteiger partial charge < -0.3 is 9.88 Å². The first kappa shape index (κ1) is 16.9. The second-order valence-corrected chi connectivity index (χ2v) is 7.11. The Morgan fingerprint density at radius 1 is 0.962 bits per heavy atom. The van der Waals surface area contributed by atoms with Crippen LogP contribution in [0.1, 0.15) is 18.4 Å². The van der Waals surface area contributed by atoms with Crippen molar-refractivity contribution in [2.75, 3.05) is 13.1 Å². The van der Waals surface area contributed by atoms with Crippen molar-refractivity contribution in [1.29, 1.82) is 0 Å². The minimum atomic E-state index is 0.105. The predicted octanol–water partition coefficient (Wildman–Crippen LogP) is 3.42. The molecule has 1 aromatic heterocycles. The Labute approximate surface area is 154 Å². The lowest BCUT2D eigenvalue weighted by Gasteiger charge is -2.32. The summed E-state index contributed by atoms with van der Waals surface area (Å²) in [6.45, 7) is 3.45. The summed E-state index contributed by atoms with van der Waals surface area (Å²) in [6.07, 6.45) is 4.03. The van der Waals surface area contributed by atoms with E-state index in [1.165, 1.54) is 10.9 Å². The van der Waals surface area contributed by atoms with Gasteiger partial charge in [0.05, 0.1) is 0 Å². The van der Waals surface area contributed by atoms with Gasteiger partial charge in [0.1, 0.15) is 6.54 Å². The van der Waals surface area contributed by atoms with E-state index in [1.54, 1.807) is 0 Å². The molecule has 2 aromatic carbocycles. The smallest absolute Gasteiger partial charge is 0.240 e. The highest BCUT2D eigenvalue weighted by molar-refractivity contribution is 5.83. The Morgan fingerprint density at radius 2 is 1.69 bits per heavy atom. The molecule has 1 N–H and O–H groups in total. The fourth-order valence-corrected chi connectivity index (χ4v) is 3.78. The number of hydrogen-bond acceptors (Lipinski definition) is 2. The van der Waals surface area contributed by atoms with Crippen molar-refractivity contribution in [2.24, 2.45) is 0 Å². The molecule has 1 fully saturated rings. The maximum absolute atomic E-state index is 12.4. The number of fused-ring (bicyclic) bond motifs is 1. The molecule has 0 radical (unpaired) electrons. The van der Waals surface area contributed by atoms with E-state index < -0.39 is 0 Å². The van der Waals surface area contributed by atoms with Crippen LogP contribution in [0, 0.1) is 0 Å². The summed E-state index contributed by atoms with van der Waals surface area (Å²) in [5.74, 6) is 0.105. The van der Waals surface area contributed by atoms with Gasteiger partial charge in [0.25, 0.3) is 0 Å². The van der Waals surface area contributed by atoms with Gasteiger partial charge in [-0.1, -0.05) is 48.5 Å². The van der Waals surface area contributed by atoms with Gasteiger partial charge >= 0.3 is 0 Å². The molecule has 134 valence electrons. The molecule has 4 heteroatoms. The van der Waals surface area contributed by atoms with E-state index in [9.17, 15) is 4.79 Å². The SMILES string of the molecule is O=C(Cn1ccc2ccccc21)NC1CCN(Cc2ccccc2)CC1. The van der Waals surface area contributed by atoms with Crippen molar-refractivity contribution in [1.82, 2.24) is 14.8 Å². The molecule has 0 unspecified atom stereocenters. The quantitative estimate of drug-likeness (QED) is 0.768. The maximum Gasteiger partial charge on any atom is 0.240 e. The van der Waals surface area contributed by atoms with E-state index in [1.807, 2.05) is 22.9 Å². The Hall–Kier alpha value is -2.59. The van der Waals surface area contributed by atoms with Crippen LogP contribution in [-0.4, -0.2) is 34.5 Å². The van der Waals surface area contributed by atoms with Gasteiger partial charge in [-0.15, -0.1) is 0 Å². The van der Waals surface area contributed by atoms with Gasteiger partial charge in [-0.3, -0.25) is 9.69 Å². The van der Waals surface area contributed by atoms with Crippen LogP contribution >= 0.6 is 0 Å². The van der Waals surface area contributed by atoms with Gasteiger partial charge in [0.2, 0.25) is 5.91 Å². The van der Waals surface area contributed by atoms with Crippen LogP contribution in [-0.2, 0) is 17.9 Å². The summed E-state index contributed by atoms with van der Waals surface area (Å²) in [6, 6.07) is 21.1. The molecule has 0 saturated carbocycles. The van der Waals surface area contributed by atoms with E-state index in [0.29, 0.717) is 6.54 Å². The molecule has 1 aliphatic heterocycles. The van der Waals surface area contributed by atoms with Crippen LogP contribution in [0.4, 0.5) is 0 Å². The zero-order chi connectivity index (χ0) is 17.8. The number of benzene rings is 2. The molecule has 0 spiro atoms. The van der Waals surface area contributed by atoms with E-state index in [4.69, 9.17) is 0 Å². The number of likely N-dealkylation sites (tertiary alicyclic amines) is 1. The summed E-state index contributed by atoms with van der Waals surface area (Å²) in [5.41, 5.74) is 2.47. The number of rotatable bonds is 5. The molecule has 26 heavy (non-hydrogen) atoms. The molecule has 0 aliphatic carbocycles. The summed E-state index contributed by atoms with van der Waals surface area (Å²) in [4.78, 5) is 14.9. The number of hydrogen-bond donors (Lipinski definition) is 1. The molecule has 2 heterocycles. The van der Waals surface area contributed by atoms with Crippen LogP contribution in [0.25, 0.3) is 10.9 Å². The summed E-state index contributed by atoms with van der Waals surface area (Å²) < 4.78 is 2.02. The zero-order valence-corrected chi connectivity index (χ0v) is 15.0. The first-order valence-corrected chi connectivity index (χ1v) is 9.37. The summed E-state index contributed by atoms with van der Waals surface area (Å²) >= 11 is 0. The van der Waals surface area contributed by atoms with E-state index in [-0.39, 0.29) is 11.9 Å². The Balaban J connectivity index is 1.27. The second kappa shape index (κ2) is 7.75. The first-order valence-electron chi connectivity index (χ1n) is 9.37. The monoisotopic (exact) mass is 347 g/mol. The molecule has 0 bridgehead atoms. The zero-order valence-electron chi connectivity index (χ0n) is 15.0. The lowest BCUT2D eigenvalue weighted by Crippen LogP contribution is -2.45. The molecule has 4 rings (SSSR count). The molecule has 1 amide bonds. The number of carbonyl (C=O) groups is 1. The number of para-hydroxylation sites is 1. The normalized spacial score (nSPS) is 16.0. The fourth-order valence-electron chi connectivity index (χ4n) is 3.78. The minimum Gasteiger partial charge on any atom is -0.352 e. The topological polar surface area (TPSA) is 37.3 Å². The van der Waals surface area contributed by atoms with Crippen molar-refractivity contribution >= 4 is 16.8 Å². The predicted molar refractivity (Wildman–Crippen MR) is 105 cm³/mol. The van der Waals surface area contributed by atoms with Crippen LogP contribution in [0.5, 0.6) is 0 Å². The van der Waals surface area contributed by atoms with Crippen molar-refractivity contribution in [3.63, 3.8) is 0 Å². The summed E-state index contributed by atoms with van der Waals surface area (Å²) in [5, 5.41) is 4.40. The van der Waals surface area contributed by atoms with E-state index in [2.05, 4.69) is 58.7 Å². The highest BCUT2D eigenvalue weighted by Crippen LogP contribution is 2.16. The molecule has 1 aliphatic rings. The van der Waals surface area contributed by atoms with Crippen molar-refractivity contribution < 1.29 is 4.79 Å². The van der Waals surface area contributed by atoms with Crippen LogP contribution in [0.2, 0.25) is 0 Å². The lowest BCUT2D eigenvalue weighted by atomic mass is 10.0. The largest absolute Gasteiger partial charge is 0.352 e. The van der Waals surface area contributed by atoms with E-state index >= 15 is 0 Å². The second-order valence-electron chi connectivity index (χ2n) is 7.11. The van der Waals surface area contributed by atoms with Gasteiger partial charge in [0.15, 0.2) is 0 Å². The Bertz CT molecular complexity index is 863. The molecular weight excluding hydrogens is 322 g/mol. The minimum absolute atomic E-state index is 0.105. The number of aromatic nitrogens is 1. The van der Waals surface area contributed by atoms with Crippen molar-refractivity contribution in [2.45, 2.75) is 32.0 Å². The highest BCUT2D eigenvalue weighted by atomic mass is 16.2. The molecule has 0 atom stereocenters. The van der Waals surface area contributed by atoms with E-state index in [0.717, 1.165) is 38.0 Å². The number of piperidine rings is 1. The first-order chi connectivity index (χ1) is 12.8. The Kier molecular flexibility index (Phi) is 5.02. The third kappa shape index (κ3) is 3.97. The Morgan fingerprint density at radius 3 is 2.50 bits per heavy atom. The fraction of sp³-hybridized carbons (Fsp3) is 0.318. The third-order valence-corrected chi connectivity index (χ3v) is 5.20. The summed E-state index contributed by atoms with van der Waals surface area (Å²) in [7, 11) is 0.